The van der Waals surface area contributed by atoms with Crippen molar-refractivity contribution in [2.24, 2.45) is 0 Å². The van der Waals surface area contributed by atoms with Crippen LogP contribution in [-0.4, -0.2) is 70.1 Å². The predicted molar refractivity (Wildman–Crippen MR) is 62.1 cm³/mol. The lowest BCUT2D eigenvalue weighted by Gasteiger charge is -2.36. The Morgan fingerprint density at radius 3 is 1.89 bits per heavy atom. The van der Waals surface area contributed by atoms with Crippen LogP contribution in [0.4, 0.5) is 0 Å². The number of hydrogen-bond donors (Lipinski definition) is 2. The van der Waals surface area contributed by atoms with Gasteiger partial charge in [-0.25, -0.2) is 0 Å². The van der Waals surface area contributed by atoms with Gasteiger partial charge in [-0.1, -0.05) is 0 Å². The Bertz CT molecular complexity index is 320. The zero-order chi connectivity index (χ0) is 13.7. The Balaban J connectivity index is 2.56. The average molecular weight is 258 g/mol. The van der Waals surface area contributed by atoms with E-state index in [4.69, 9.17) is 10.2 Å². The highest BCUT2D eigenvalue weighted by atomic mass is 16.4. The van der Waals surface area contributed by atoms with Crippen molar-refractivity contribution in [2.75, 3.05) is 26.2 Å². The molecule has 0 spiro atoms. The van der Waals surface area contributed by atoms with Crippen LogP contribution in [0, 0.1) is 0 Å². The van der Waals surface area contributed by atoms with Gasteiger partial charge in [-0.3, -0.25) is 19.3 Å². The zero-order valence-electron chi connectivity index (χ0n) is 10.3. The molecule has 1 saturated heterocycles. The van der Waals surface area contributed by atoms with Crippen molar-refractivity contribution in [1.29, 1.82) is 0 Å². The first-order valence-corrected chi connectivity index (χ1v) is 5.83. The van der Waals surface area contributed by atoms with E-state index >= 15 is 0 Å². The molecule has 2 N–H and O–H groups in total. The van der Waals surface area contributed by atoms with Gasteiger partial charge in [-0.15, -0.1) is 0 Å². The van der Waals surface area contributed by atoms with Crippen molar-refractivity contribution in [2.45, 2.75) is 25.8 Å². The molecule has 1 amide bonds. The molecule has 0 radical (unpaired) electrons. The minimum Gasteiger partial charge on any atom is -0.480 e. The summed E-state index contributed by atoms with van der Waals surface area (Å²) in [7, 11) is 0. The van der Waals surface area contributed by atoms with E-state index in [9.17, 15) is 14.4 Å². The molecule has 7 heteroatoms. The first kappa shape index (κ1) is 14.4. The van der Waals surface area contributed by atoms with E-state index in [1.54, 1.807) is 4.90 Å². The van der Waals surface area contributed by atoms with Crippen LogP contribution in [0.2, 0.25) is 0 Å². The molecule has 102 valence electrons. The summed E-state index contributed by atoms with van der Waals surface area (Å²) in [5, 5.41) is 17.5. The first-order valence-electron chi connectivity index (χ1n) is 5.83. The molecular formula is C11H18N2O5. The highest BCUT2D eigenvalue weighted by molar-refractivity contribution is 5.73. The van der Waals surface area contributed by atoms with Crippen molar-refractivity contribution in [1.82, 2.24) is 9.80 Å². The van der Waals surface area contributed by atoms with Crippen molar-refractivity contribution in [3.63, 3.8) is 0 Å². The summed E-state index contributed by atoms with van der Waals surface area (Å²) in [6.07, 6.45) is 1.22. The van der Waals surface area contributed by atoms with Crippen molar-refractivity contribution < 1.29 is 24.6 Å². The third kappa shape index (κ3) is 4.33. The predicted octanol–water partition coefficient (Wildman–Crippen LogP) is -0.531. The van der Waals surface area contributed by atoms with E-state index in [1.165, 1.54) is 11.8 Å². The minimum atomic E-state index is -1.04. The molecule has 1 heterocycles. The molecule has 0 aromatic heterocycles. The van der Waals surface area contributed by atoms with Gasteiger partial charge < -0.3 is 15.1 Å². The fraction of sp³-hybridized carbons (Fsp3) is 0.727. The van der Waals surface area contributed by atoms with E-state index in [-0.39, 0.29) is 25.0 Å². The largest absolute Gasteiger partial charge is 0.480 e. The summed E-state index contributed by atoms with van der Waals surface area (Å²) in [5.74, 6) is -2.08. The second kappa shape index (κ2) is 6.34. The molecule has 1 rings (SSSR count). The maximum Gasteiger partial charge on any atom is 0.317 e. The highest BCUT2D eigenvalue weighted by Gasteiger charge is 2.27. The number of nitrogens with zero attached hydrogens (tertiary/aromatic N) is 2. The monoisotopic (exact) mass is 258 g/mol. The van der Waals surface area contributed by atoms with E-state index in [0.29, 0.717) is 25.9 Å². The Morgan fingerprint density at radius 1 is 1.11 bits per heavy atom. The molecule has 0 saturated carbocycles. The number of likely N-dealkylation sites (tertiary alicyclic amines) is 1. The van der Waals surface area contributed by atoms with Gasteiger partial charge in [0.15, 0.2) is 0 Å². The Hall–Kier alpha value is -1.63. The summed E-state index contributed by atoms with van der Waals surface area (Å²) in [6, 6.07) is -0.0900. The number of amides is 1. The van der Waals surface area contributed by atoms with E-state index in [0.717, 1.165) is 0 Å². The third-order valence-electron chi connectivity index (χ3n) is 3.10. The van der Waals surface area contributed by atoms with Crippen LogP contribution >= 0.6 is 0 Å². The molecule has 0 atom stereocenters. The molecule has 0 aromatic rings. The number of hydrogen-bond acceptors (Lipinski definition) is 4. The highest BCUT2D eigenvalue weighted by Crippen LogP contribution is 2.16. The number of piperidine rings is 1. The molecular weight excluding hydrogens is 240 g/mol. The van der Waals surface area contributed by atoms with Crippen LogP contribution in [0.25, 0.3) is 0 Å². The van der Waals surface area contributed by atoms with Crippen molar-refractivity contribution in [3.8, 4) is 0 Å². The summed E-state index contributed by atoms with van der Waals surface area (Å²) in [6.45, 7) is 2.03. The summed E-state index contributed by atoms with van der Waals surface area (Å²) < 4.78 is 0. The van der Waals surface area contributed by atoms with Crippen molar-refractivity contribution >= 4 is 17.8 Å². The Morgan fingerprint density at radius 2 is 1.56 bits per heavy atom. The SMILES string of the molecule is CC(=O)N1CCC(N(CC(=O)O)CC(=O)O)CC1. The fourth-order valence-corrected chi connectivity index (χ4v) is 2.21. The lowest BCUT2D eigenvalue weighted by molar-refractivity contribution is -0.144. The topological polar surface area (TPSA) is 98.2 Å². The molecule has 0 bridgehead atoms. The lowest BCUT2D eigenvalue weighted by Crippen LogP contribution is -2.49. The van der Waals surface area contributed by atoms with Gasteiger partial charge >= 0.3 is 11.9 Å². The molecule has 7 nitrogen and oxygen atoms in total. The van der Waals surface area contributed by atoms with Crippen LogP contribution < -0.4 is 0 Å². The van der Waals surface area contributed by atoms with Gasteiger partial charge in [0.25, 0.3) is 0 Å². The Kier molecular flexibility index (Phi) is 5.08. The smallest absolute Gasteiger partial charge is 0.317 e. The van der Waals surface area contributed by atoms with Gasteiger partial charge in [-0.05, 0) is 12.8 Å². The van der Waals surface area contributed by atoms with Crippen LogP contribution in [-0.2, 0) is 14.4 Å². The van der Waals surface area contributed by atoms with Gasteiger partial charge in [0.2, 0.25) is 5.91 Å². The second-order valence-corrected chi connectivity index (χ2v) is 4.43. The number of carbonyl (C=O) groups excluding carboxylic acids is 1. The molecule has 1 aliphatic heterocycles. The standard InChI is InChI=1S/C11H18N2O5/c1-8(14)12-4-2-9(3-5-12)13(6-10(15)16)7-11(17)18/h9H,2-7H2,1H3,(H,15,16)(H,17,18). The van der Waals surface area contributed by atoms with Crippen molar-refractivity contribution in [3.05, 3.63) is 0 Å². The summed E-state index contributed by atoms with van der Waals surface area (Å²) in [4.78, 5) is 35.7. The second-order valence-electron chi connectivity index (χ2n) is 4.43. The molecule has 1 fully saturated rings. The average Bonchev–Trinajstić information content (AvgIpc) is 2.27. The van der Waals surface area contributed by atoms with Crippen LogP contribution in [0.1, 0.15) is 19.8 Å². The van der Waals surface area contributed by atoms with E-state index in [1.807, 2.05) is 0 Å². The van der Waals surface area contributed by atoms with Crippen LogP contribution in [0.5, 0.6) is 0 Å². The maximum atomic E-state index is 11.2. The quantitative estimate of drug-likeness (QED) is 0.688. The number of carbonyl (C=O) groups is 3. The normalized spacial score (nSPS) is 16.9. The molecule has 0 aromatic carbocycles. The summed E-state index contributed by atoms with van der Waals surface area (Å²) in [5.41, 5.74) is 0. The number of rotatable bonds is 5. The van der Waals surface area contributed by atoms with Crippen LogP contribution in [0.3, 0.4) is 0 Å². The molecule has 0 aliphatic carbocycles. The maximum absolute atomic E-state index is 11.2. The van der Waals surface area contributed by atoms with Gasteiger partial charge in [0, 0.05) is 26.1 Å². The molecule has 18 heavy (non-hydrogen) atoms. The van der Waals surface area contributed by atoms with Crippen LogP contribution in [0.15, 0.2) is 0 Å². The van der Waals surface area contributed by atoms with Gasteiger partial charge in [0.1, 0.15) is 0 Å². The number of carboxylic acid groups (broad SMARTS) is 2. The minimum absolute atomic E-state index is 0.00327. The van der Waals surface area contributed by atoms with E-state index in [2.05, 4.69) is 0 Å². The Labute approximate surface area is 105 Å². The fourth-order valence-electron chi connectivity index (χ4n) is 2.21. The number of carboxylic acids is 2. The summed E-state index contributed by atoms with van der Waals surface area (Å²) >= 11 is 0. The first-order chi connectivity index (χ1) is 8.40. The van der Waals surface area contributed by atoms with E-state index < -0.39 is 11.9 Å². The number of aliphatic carboxylic acids is 2. The molecule has 1 aliphatic rings. The zero-order valence-corrected chi connectivity index (χ0v) is 10.3. The molecule has 0 unspecified atom stereocenters. The van der Waals surface area contributed by atoms with Gasteiger partial charge in [-0.2, -0.15) is 0 Å². The lowest BCUT2D eigenvalue weighted by atomic mass is 10.0. The van der Waals surface area contributed by atoms with Gasteiger partial charge in [0.05, 0.1) is 13.1 Å². The third-order valence-corrected chi connectivity index (χ3v) is 3.10.